The molecule has 4 aliphatic heterocycles. The molecular weight excluding hydrogens is 968 g/mol. The van der Waals surface area contributed by atoms with Crippen molar-refractivity contribution >= 4 is 72.8 Å². The van der Waals surface area contributed by atoms with Gasteiger partial charge in [-0.05, 0) is 122 Å². The molecule has 5 aliphatic rings. The smallest absolute Gasteiger partial charge is 0.267 e. The van der Waals surface area contributed by atoms with Crippen LogP contribution in [-0.4, -0.2) is 127 Å². The van der Waals surface area contributed by atoms with Crippen molar-refractivity contribution in [2.24, 2.45) is 5.41 Å². The zero-order valence-corrected chi connectivity index (χ0v) is 42.8. The van der Waals surface area contributed by atoms with Crippen LogP contribution in [-0.2, 0) is 29.0 Å². The molecule has 3 fully saturated rings. The highest BCUT2D eigenvalue weighted by atomic mass is 35.5. The number of nitrogens with zero attached hydrogens (tertiary/aromatic N) is 4. The van der Waals surface area contributed by atoms with Crippen molar-refractivity contribution in [3.8, 4) is 11.6 Å². The topological polar surface area (TPSA) is 157 Å². The van der Waals surface area contributed by atoms with Crippen molar-refractivity contribution in [3.05, 3.63) is 106 Å². The SMILES string of the molecule is CO[C@H]1CCC(COc2ccc(S(=O)(=O)NC(=O)c3ccc(N4CCN(CC5=C(c6ccc(Cl)cc6)CC(C)(C)CC5)C(C5OCCCO5)C4)cc3N3CCCOc4nc5[nH]ccc5cc43)cc2Cl)OC1. The van der Waals surface area contributed by atoms with Gasteiger partial charge in [0.15, 0.2) is 6.29 Å². The maximum absolute atomic E-state index is 14.6. The zero-order chi connectivity index (χ0) is 49.3. The summed E-state index contributed by atoms with van der Waals surface area (Å²) in [5.74, 6) is -0.0880. The van der Waals surface area contributed by atoms with Crippen LogP contribution in [0, 0.1) is 5.41 Å². The van der Waals surface area contributed by atoms with E-state index in [9.17, 15) is 13.2 Å². The molecular formula is C53H62Cl2N6O9S. The molecule has 3 saturated heterocycles. The van der Waals surface area contributed by atoms with E-state index < -0.39 is 22.2 Å². The minimum atomic E-state index is -4.42. The highest BCUT2D eigenvalue weighted by molar-refractivity contribution is 7.90. The summed E-state index contributed by atoms with van der Waals surface area (Å²) < 4.78 is 66.6. The van der Waals surface area contributed by atoms with Gasteiger partial charge in [-0.15, -0.1) is 0 Å². The normalized spacial score (nSPS) is 22.5. The predicted octanol–water partition coefficient (Wildman–Crippen LogP) is 9.40. The van der Waals surface area contributed by atoms with Crippen LogP contribution in [0.2, 0.25) is 10.0 Å². The number of amides is 1. The van der Waals surface area contributed by atoms with E-state index in [1.807, 2.05) is 47.5 Å². The van der Waals surface area contributed by atoms with E-state index in [1.54, 1.807) is 13.2 Å². The van der Waals surface area contributed by atoms with E-state index in [-0.39, 0.29) is 45.8 Å². The molecule has 10 rings (SSSR count). The number of pyridine rings is 1. The summed E-state index contributed by atoms with van der Waals surface area (Å²) in [6, 6.07) is 21.8. The molecule has 3 aromatic carbocycles. The first kappa shape index (κ1) is 49.7. The number of carbonyl (C=O) groups excluding carboxylic acids is 1. The van der Waals surface area contributed by atoms with Crippen molar-refractivity contribution in [2.75, 3.05) is 82.7 Å². The monoisotopic (exact) mass is 1030 g/mol. The molecule has 0 bridgehead atoms. The highest BCUT2D eigenvalue weighted by Crippen LogP contribution is 2.45. The highest BCUT2D eigenvalue weighted by Gasteiger charge is 2.39. The Hall–Kier alpha value is -4.91. The number of allylic oxidation sites excluding steroid dienone is 1. The fraction of sp³-hybridized carbons (Fsp3) is 0.472. The lowest BCUT2D eigenvalue weighted by Crippen LogP contribution is -2.60. The van der Waals surface area contributed by atoms with Gasteiger partial charge in [-0.25, -0.2) is 13.1 Å². The Morgan fingerprint density at radius 3 is 2.54 bits per heavy atom. The van der Waals surface area contributed by atoms with Crippen molar-refractivity contribution in [1.82, 2.24) is 19.6 Å². The van der Waals surface area contributed by atoms with Gasteiger partial charge in [0.25, 0.3) is 15.9 Å². The number of piperazine rings is 1. The molecule has 378 valence electrons. The Kier molecular flexibility index (Phi) is 14.9. The number of hydrogen-bond donors (Lipinski definition) is 2. The maximum Gasteiger partial charge on any atom is 0.267 e. The molecule has 1 aliphatic carbocycles. The summed E-state index contributed by atoms with van der Waals surface area (Å²) in [5.41, 5.74) is 7.06. The van der Waals surface area contributed by atoms with E-state index in [1.165, 1.54) is 34.9 Å². The minimum absolute atomic E-state index is 0.0514. The standard InChI is InChI=1S/C53H62Cl2N6O9S/c1-53(2)18-16-36(43(29-53)34-6-8-37(54)9-7-34)30-60-22-21-59(31-47(60)52-67-24-5-25-68-52)38-10-14-42(45(27-38)61-20-4-23-66-51-46(61)26-35-17-19-56-49(35)57-51)50(62)58-71(63,64)41-13-15-48(44(55)28-41)70-33-40-12-11-39(65-3)32-69-40/h6-10,13-15,17,19,26-28,39-40,47,52H,4-5,11-12,16,18,20-25,29-33H2,1-3H3,(H,56,57)(H,58,62)/t39-,40?,47?/m0/s1. The molecule has 0 saturated carbocycles. The third-order valence-electron chi connectivity index (χ3n) is 14.4. The fourth-order valence-electron chi connectivity index (χ4n) is 10.4. The quantitative estimate of drug-likeness (QED) is 0.115. The third-order valence-corrected chi connectivity index (χ3v) is 16.3. The molecule has 0 spiro atoms. The zero-order valence-electron chi connectivity index (χ0n) is 40.5. The molecule has 5 aromatic rings. The van der Waals surface area contributed by atoms with Crippen LogP contribution in [0.15, 0.2) is 89.5 Å². The van der Waals surface area contributed by atoms with Gasteiger partial charge < -0.3 is 43.2 Å². The predicted molar refractivity (Wildman–Crippen MR) is 275 cm³/mol. The molecule has 2 N–H and O–H groups in total. The van der Waals surface area contributed by atoms with Gasteiger partial charge in [-0.3, -0.25) is 9.69 Å². The van der Waals surface area contributed by atoms with Crippen molar-refractivity contribution in [3.63, 3.8) is 0 Å². The third kappa shape index (κ3) is 11.2. The molecule has 3 atom stereocenters. The van der Waals surface area contributed by atoms with Crippen LogP contribution < -0.4 is 24.0 Å². The lowest BCUT2D eigenvalue weighted by molar-refractivity contribution is -0.209. The number of sulfonamides is 1. The van der Waals surface area contributed by atoms with Crippen LogP contribution in [0.4, 0.5) is 17.1 Å². The first-order chi connectivity index (χ1) is 34.3. The molecule has 2 unspecified atom stereocenters. The number of nitrogens with one attached hydrogen (secondary N) is 2. The van der Waals surface area contributed by atoms with Gasteiger partial charge in [-0.2, -0.15) is 4.98 Å². The van der Waals surface area contributed by atoms with Crippen LogP contribution >= 0.6 is 23.2 Å². The number of carbonyl (C=O) groups is 1. The number of hydrogen-bond acceptors (Lipinski definition) is 13. The van der Waals surface area contributed by atoms with Crippen molar-refractivity contribution < 1.29 is 41.6 Å². The molecule has 1 amide bonds. The van der Waals surface area contributed by atoms with Gasteiger partial charge in [-0.1, -0.05) is 54.8 Å². The summed E-state index contributed by atoms with van der Waals surface area (Å²) in [7, 11) is -2.75. The Labute approximate surface area is 425 Å². The molecule has 6 heterocycles. The number of halogens is 2. The molecule has 15 nitrogen and oxygen atoms in total. The number of rotatable bonds is 13. The number of ether oxygens (including phenoxy) is 6. The van der Waals surface area contributed by atoms with Gasteiger partial charge in [0.1, 0.15) is 23.7 Å². The second kappa shape index (κ2) is 21.3. The Balaban J connectivity index is 0.947. The lowest BCUT2D eigenvalue weighted by atomic mass is 9.72. The molecule has 18 heteroatoms. The van der Waals surface area contributed by atoms with E-state index in [2.05, 4.69) is 45.5 Å². The number of benzene rings is 3. The first-order valence-corrected chi connectivity index (χ1v) is 26.9. The van der Waals surface area contributed by atoms with Crippen LogP contribution in [0.3, 0.4) is 0 Å². The largest absolute Gasteiger partial charge is 0.489 e. The minimum Gasteiger partial charge on any atom is -0.489 e. The Morgan fingerprint density at radius 2 is 1.76 bits per heavy atom. The van der Waals surface area contributed by atoms with Crippen molar-refractivity contribution in [1.29, 1.82) is 0 Å². The maximum atomic E-state index is 14.6. The van der Waals surface area contributed by atoms with Gasteiger partial charge >= 0.3 is 0 Å². The number of aromatic amines is 1. The number of anilines is 3. The van der Waals surface area contributed by atoms with E-state index >= 15 is 0 Å². The fourth-order valence-corrected chi connectivity index (χ4v) is 11.8. The van der Waals surface area contributed by atoms with E-state index in [0.29, 0.717) is 81.1 Å². The summed E-state index contributed by atoms with van der Waals surface area (Å²) in [6.07, 6.45) is 7.41. The average molecular weight is 1030 g/mol. The van der Waals surface area contributed by atoms with Gasteiger partial charge in [0.2, 0.25) is 5.88 Å². The molecule has 0 radical (unpaired) electrons. The average Bonchev–Trinajstić information content (AvgIpc) is 3.74. The van der Waals surface area contributed by atoms with Gasteiger partial charge in [0, 0.05) is 62.1 Å². The Bertz CT molecular complexity index is 2860. The second-order valence-electron chi connectivity index (χ2n) is 19.9. The summed E-state index contributed by atoms with van der Waals surface area (Å²) in [5, 5.41) is 1.67. The number of fused-ring (bicyclic) bond motifs is 2. The summed E-state index contributed by atoms with van der Waals surface area (Å²) >= 11 is 13.0. The summed E-state index contributed by atoms with van der Waals surface area (Å²) in [6.45, 7) is 10.3. The van der Waals surface area contributed by atoms with Crippen LogP contribution in [0.1, 0.15) is 74.7 Å². The van der Waals surface area contributed by atoms with Gasteiger partial charge in [0.05, 0.1) is 65.8 Å². The second-order valence-corrected chi connectivity index (χ2v) is 22.4. The summed E-state index contributed by atoms with van der Waals surface area (Å²) in [4.78, 5) is 29.2. The molecule has 2 aromatic heterocycles. The number of aromatic nitrogens is 2. The molecule has 71 heavy (non-hydrogen) atoms. The first-order valence-electron chi connectivity index (χ1n) is 24.7. The van der Waals surface area contributed by atoms with Crippen LogP contribution in [0.25, 0.3) is 16.6 Å². The van der Waals surface area contributed by atoms with E-state index in [0.717, 1.165) is 67.7 Å². The lowest BCUT2D eigenvalue weighted by Gasteiger charge is -2.47. The van der Waals surface area contributed by atoms with Crippen LogP contribution in [0.5, 0.6) is 11.6 Å². The Morgan fingerprint density at radius 1 is 0.930 bits per heavy atom. The number of H-pyrrole nitrogens is 1. The number of methoxy groups -OCH3 is 1. The van der Waals surface area contributed by atoms with E-state index in [4.69, 9.17) is 56.6 Å². The van der Waals surface area contributed by atoms with Crippen molar-refractivity contribution in [2.45, 2.75) is 88.2 Å².